The number of nitrogens with one attached hydrogen (secondary N) is 2. The maximum atomic E-state index is 12.2. The third kappa shape index (κ3) is 2.35. The van der Waals surface area contributed by atoms with Crippen molar-refractivity contribution >= 4 is 11.6 Å². The Morgan fingerprint density at radius 3 is 3.10 bits per heavy atom. The maximum absolute atomic E-state index is 12.2. The van der Waals surface area contributed by atoms with Crippen LogP contribution in [0.2, 0.25) is 0 Å². The molecule has 0 spiro atoms. The number of carbonyl (C=O) groups excluding carboxylic acids is 1. The monoisotopic (exact) mass is 269 g/mol. The molecule has 5 heteroatoms. The number of nitrogens with zero attached hydrogens (tertiary/aromatic N) is 1. The molecule has 1 aromatic carbocycles. The Labute approximate surface area is 116 Å². The van der Waals surface area contributed by atoms with Gasteiger partial charge in [0.2, 0.25) is 0 Å². The molecule has 0 fully saturated rings. The van der Waals surface area contributed by atoms with Crippen LogP contribution in [0.4, 0.5) is 5.69 Å². The quantitative estimate of drug-likeness (QED) is 0.775. The molecule has 0 bridgehead atoms. The molecule has 102 valence electrons. The molecular formula is C15H15N3O2. The van der Waals surface area contributed by atoms with Gasteiger partial charge in [-0.05, 0) is 36.2 Å². The van der Waals surface area contributed by atoms with Crippen LogP contribution in [0.25, 0.3) is 0 Å². The van der Waals surface area contributed by atoms with Crippen molar-refractivity contribution in [2.75, 3.05) is 11.9 Å². The third-order valence-electron chi connectivity index (χ3n) is 3.43. The fraction of sp³-hybridized carbons (Fsp3) is 0.200. The van der Waals surface area contributed by atoms with E-state index in [4.69, 9.17) is 0 Å². The molecule has 0 aliphatic carbocycles. The van der Waals surface area contributed by atoms with Crippen LogP contribution in [0.15, 0.2) is 36.7 Å². The van der Waals surface area contributed by atoms with Crippen molar-refractivity contribution in [2.24, 2.45) is 0 Å². The van der Waals surface area contributed by atoms with Crippen LogP contribution in [0.1, 0.15) is 21.5 Å². The number of hydrogen-bond acceptors (Lipinski definition) is 4. The van der Waals surface area contributed by atoms with Gasteiger partial charge in [0.1, 0.15) is 5.75 Å². The van der Waals surface area contributed by atoms with Crippen molar-refractivity contribution in [3.63, 3.8) is 0 Å². The highest BCUT2D eigenvalue weighted by Gasteiger charge is 2.16. The van der Waals surface area contributed by atoms with E-state index in [1.165, 1.54) is 24.0 Å². The van der Waals surface area contributed by atoms with Crippen LogP contribution in [-0.4, -0.2) is 22.5 Å². The lowest BCUT2D eigenvalue weighted by atomic mass is 9.99. The fourth-order valence-corrected chi connectivity index (χ4v) is 2.42. The van der Waals surface area contributed by atoms with E-state index in [9.17, 15) is 9.90 Å². The van der Waals surface area contributed by atoms with Crippen molar-refractivity contribution < 1.29 is 9.90 Å². The smallest absolute Gasteiger partial charge is 0.259 e. The van der Waals surface area contributed by atoms with E-state index in [1.54, 1.807) is 0 Å². The Morgan fingerprint density at radius 1 is 1.35 bits per heavy atom. The highest BCUT2D eigenvalue weighted by molar-refractivity contribution is 6.06. The predicted molar refractivity (Wildman–Crippen MR) is 75.7 cm³/mol. The van der Waals surface area contributed by atoms with Gasteiger partial charge < -0.3 is 15.7 Å². The summed E-state index contributed by atoms with van der Waals surface area (Å²) in [6.07, 6.45) is 3.63. The first-order valence-corrected chi connectivity index (χ1v) is 6.51. The molecule has 0 saturated heterocycles. The van der Waals surface area contributed by atoms with Crippen LogP contribution < -0.4 is 10.6 Å². The highest BCUT2D eigenvalue weighted by Crippen LogP contribution is 2.24. The van der Waals surface area contributed by atoms with Crippen LogP contribution in [0.3, 0.4) is 0 Å². The molecule has 3 N–H and O–H groups in total. The maximum Gasteiger partial charge on any atom is 0.259 e. The van der Waals surface area contributed by atoms with Gasteiger partial charge in [-0.3, -0.25) is 9.78 Å². The Hall–Kier alpha value is -2.40. The average Bonchev–Trinajstić information content (AvgIpc) is 2.48. The summed E-state index contributed by atoms with van der Waals surface area (Å²) in [7, 11) is 0. The minimum Gasteiger partial charge on any atom is -0.505 e. The van der Waals surface area contributed by atoms with Gasteiger partial charge in [0.15, 0.2) is 0 Å². The van der Waals surface area contributed by atoms with E-state index in [0.29, 0.717) is 0 Å². The molecule has 0 atom stereocenters. The van der Waals surface area contributed by atoms with Crippen molar-refractivity contribution in [2.45, 2.75) is 13.0 Å². The second-order valence-corrected chi connectivity index (χ2v) is 4.72. The summed E-state index contributed by atoms with van der Waals surface area (Å²) in [5.41, 5.74) is 3.40. The van der Waals surface area contributed by atoms with E-state index < -0.39 is 0 Å². The van der Waals surface area contributed by atoms with E-state index in [-0.39, 0.29) is 17.2 Å². The largest absolute Gasteiger partial charge is 0.505 e. The lowest BCUT2D eigenvalue weighted by molar-refractivity contribution is 0.102. The first-order chi connectivity index (χ1) is 9.75. The normalized spacial score (nSPS) is 13.6. The molecule has 5 nitrogen and oxygen atoms in total. The zero-order chi connectivity index (χ0) is 13.9. The Balaban J connectivity index is 1.89. The summed E-state index contributed by atoms with van der Waals surface area (Å²) in [6.45, 7) is 1.72. The number of rotatable bonds is 2. The average molecular weight is 269 g/mol. The summed E-state index contributed by atoms with van der Waals surface area (Å²) in [6, 6.07) is 7.37. The van der Waals surface area contributed by atoms with Gasteiger partial charge in [-0.1, -0.05) is 12.1 Å². The van der Waals surface area contributed by atoms with Gasteiger partial charge in [0.25, 0.3) is 5.91 Å². The lowest BCUT2D eigenvalue weighted by Crippen LogP contribution is -2.25. The molecule has 1 aliphatic rings. The van der Waals surface area contributed by atoms with Gasteiger partial charge in [-0.2, -0.15) is 0 Å². The summed E-state index contributed by atoms with van der Waals surface area (Å²) in [4.78, 5) is 16.0. The molecular weight excluding hydrogens is 254 g/mol. The molecule has 1 amide bonds. The lowest BCUT2D eigenvalue weighted by Gasteiger charge is -2.20. The number of anilines is 1. The predicted octanol–water partition coefficient (Wildman–Crippen LogP) is 1.69. The molecule has 3 rings (SSSR count). The van der Waals surface area contributed by atoms with Crippen LogP contribution in [0, 0.1) is 0 Å². The number of aromatic nitrogens is 1. The van der Waals surface area contributed by atoms with Gasteiger partial charge >= 0.3 is 0 Å². The second kappa shape index (κ2) is 5.30. The number of pyridine rings is 1. The molecule has 20 heavy (non-hydrogen) atoms. The van der Waals surface area contributed by atoms with Gasteiger partial charge in [0, 0.05) is 18.4 Å². The second-order valence-electron chi connectivity index (χ2n) is 4.72. The topological polar surface area (TPSA) is 74.2 Å². The Morgan fingerprint density at radius 2 is 2.25 bits per heavy atom. The van der Waals surface area contributed by atoms with Gasteiger partial charge in [-0.25, -0.2) is 0 Å². The van der Waals surface area contributed by atoms with E-state index in [1.807, 2.05) is 12.1 Å². The molecule has 2 aromatic rings. The van der Waals surface area contributed by atoms with Crippen LogP contribution >= 0.6 is 0 Å². The number of hydrogen-bond donors (Lipinski definition) is 3. The Kier molecular flexibility index (Phi) is 3.35. The van der Waals surface area contributed by atoms with Crippen molar-refractivity contribution in [1.29, 1.82) is 0 Å². The first-order valence-electron chi connectivity index (χ1n) is 6.51. The molecule has 1 aromatic heterocycles. The zero-order valence-electron chi connectivity index (χ0n) is 10.9. The molecule has 0 saturated carbocycles. The SMILES string of the molecule is O=C(Nc1cccc2c1CCNC2)c1ccncc1O. The fourth-order valence-electron chi connectivity index (χ4n) is 2.42. The standard InChI is InChI=1S/C15H15N3O2/c19-14-9-17-7-5-12(14)15(20)18-13-3-1-2-10-8-16-6-4-11(10)13/h1-3,5,7,9,16,19H,4,6,8H2,(H,18,20). The first kappa shape index (κ1) is 12.6. The van der Waals surface area contributed by atoms with Crippen LogP contribution in [0.5, 0.6) is 5.75 Å². The number of benzene rings is 1. The van der Waals surface area contributed by atoms with Crippen molar-refractivity contribution in [3.05, 3.63) is 53.3 Å². The highest BCUT2D eigenvalue weighted by atomic mass is 16.3. The van der Waals surface area contributed by atoms with E-state index >= 15 is 0 Å². The van der Waals surface area contributed by atoms with E-state index in [2.05, 4.69) is 21.7 Å². The number of aromatic hydroxyl groups is 1. The van der Waals surface area contributed by atoms with Gasteiger partial charge in [0.05, 0.1) is 11.8 Å². The van der Waals surface area contributed by atoms with Crippen LogP contribution in [-0.2, 0) is 13.0 Å². The van der Waals surface area contributed by atoms with Crippen molar-refractivity contribution in [3.8, 4) is 5.75 Å². The Bertz CT molecular complexity index is 655. The summed E-state index contributed by atoms with van der Waals surface area (Å²) >= 11 is 0. The number of amides is 1. The summed E-state index contributed by atoms with van der Waals surface area (Å²) in [5, 5.41) is 15.8. The molecule has 1 aliphatic heterocycles. The van der Waals surface area contributed by atoms with E-state index in [0.717, 1.165) is 30.8 Å². The summed E-state index contributed by atoms with van der Waals surface area (Å²) in [5.74, 6) is -0.437. The van der Waals surface area contributed by atoms with Crippen molar-refractivity contribution in [1.82, 2.24) is 10.3 Å². The number of fused-ring (bicyclic) bond motifs is 1. The minimum absolute atomic E-state index is 0.114. The third-order valence-corrected chi connectivity index (χ3v) is 3.43. The summed E-state index contributed by atoms with van der Waals surface area (Å²) < 4.78 is 0. The molecule has 0 unspecified atom stereocenters. The molecule has 2 heterocycles. The zero-order valence-corrected chi connectivity index (χ0v) is 10.9. The number of carbonyl (C=O) groups is 1. The minimum atomic E-state index is -0.322. The van der Waals surface area contributed by atoms with Gasteiger partial charge in [-0.15, -0.1) is 0 Å². The molecule has 0 radical (unpaired) electrons.